The first-order valence-electron chi connectivity index (χ1n) is 1.36. The van der Waals surface area contributed by atoms with Gasteiger partial charge >= 0.3 is 160 Å². The van der Waals surface area contributed by atoms with Crippen molar-refractivity contribution < 1.29 is 184 Å². The zero-order chi connectivity index (χ0) is 7.15. The van der Waals surface area contributed by atoms with Crippen molar-refractivity contribution in [3.63, 3.8) is 0 Å². The number of hydrogen-bond acceptors (Lipinski definition) is 4. The van der Waals surface area contributed by atoms with E-state index in [2.05, 4.69) is 0 Å². The Bertz CT molecular complexity index is 62.1. The van der Waals surface area contributed by atoms with Crippen LogP contribution in [0.15, 0.2) is 0 Å². The predicted octanol–water partition coefficient (Wildman–Crippen LogP) is -12.7. The summed E-state index contributed by atoms with van der Waals surface area (Å²) in [4.78, 5) is 8.56. The average Bonchev–Trinajstić information content (AvgIpc) is 1.25. The molecule has 0 atom stereocenters. The second-order valence-electron chi connectivity index (χ2n) is 0.571. The number of hydrogen-bond donors (Lipinski definition) is 2. The molecule has 0 fully saturated rings. The molecule has 0 amide bonds. The topological polar surface area (TPSA) is 127 Å². The molecule has 0 aromatic heterocycles. The van der Waals surface area contributed by atoms with Gasteiger partial charge in [0.2, 0.25) is 0 Å². The molecule has 10 heteroatoms. The molecule has 0 aliphatic carbocycles. The standard InChI is InChI=1S/CH2O3.BO3.3K/c2*2-1(3)4;;;/h(H2,2,3,4);;;;/q;-3;3*+1. The Hall–Kier alpha value is 4.12. The summed E-state index contributed by atoms with van der Waals surface area (Å²) < 4.78 is 0. The molecule has 0 unspecified atom stereocenters. The normalized spacial score (nSPS) is 4.64. The van der Waals surface area contributed by atoms with Gasteiger partial charge in [0, 0.05) is 0 Å². The number of carbonyl (C=O) groups is 1. The van der Waals surface area contributed by atoms with Crippen LogP contribution in [0.25, 0.3) is 0 Å². The van der Waals surface area contributed by atoms with Crippen molar-refractivity contribution in [2.24, 2.45) is 0 Å². The molecule has 0 aromatic carbocycles. The van der Waals surface area contributed by atoms with E-state index in [0.29, 0.717) is 0 Å². The van der Waals surface area contributed by atoms with E-state index in [1.54, 1.807) is 0 Å². The minimum Gasteiger partial charge on any atom is -0.907 e. The Kier molecular flexibility index (Phi) is 63.5. The molecule has 0 spiro atoms. The van der Waals surface area contributed by atoms with Crippen LogP contribution >= 0.6 is 0 Å². The fourth-order valence-electron chi connectivity index (χ4n) is 0. The van der Waals surface area contributed by atoms with Gasteiger partial charge in [0.25, 0.3) is 0 Å². The maximum absolute atomic E-state index is 8.56. The first-order chi connectivity index (χ1) is 3.46. The van der Waals surface area contributed by atoms with Gasteiger partial charge in [-0.3, -0.25) is 7.32 Å². The minimum absolute atomic E-state index is 0. The van der Waals surface area contributed by atoms with E-state index < -0.39 is 13.5 Å². The third kappa shape index (κ3) is 122. The van der Waals surface area contributed by atoms with E-state index in [4.69, 9.17) is 30.1 Å². The van der Waals surface area contributed by atoms with Crippen LogP contribution < -0.4 is 169 Å². The Morgan fingerprint density at radius 3 is 1.00 bits per heavy atom. The monoisotopic (exact) mass is 238 g/mol. The van der Waals surface area contributed by atoms with Gasteiger partial charge < -0.3 is 25.3 Å². The van der Waals surface area contributed by atoms with E-state index in [0.717, 1.165) is 0 Å². The molecule has 0 aliphatic rings. The predicted molar refractivity (Wildman–Crippen MR) is 16.4 cm³/mol. The zero-order valence-corrected chi connectivity index (χ0v) is 16.0. The maximum Gasteiger partial charge on any atom is 1.00 e. The van der Waals surface area contributed by atoms with Gasteiger partial charge in [-0.2, -0.15) is 0 Å². The molecule has 0 aliphatic heterocycles. The van der Waals surface area contributed by atoms with Gasteiger partial charge in [0.15, 0.2) is 0 Å². The third-order valence-corrected chi connectivity index (χ3v) is 0. The van der Waals surface area contributed by atoms with Crippen LogP contribution in [0.4, 0.5) is 4.79 Å². The van der Waals surface area contributed by atoms with Crippen molar-refractivity contribution in [1.29, 1.82) is 0 Å². The molecular weight excluding hydrogens is 236 g/mol. The summed E-state index contributed by atoms with van der Waals surface area (Å²) in [5.41, 5.74) is 0. The Labute approximate surface area is 192 Å². The Morgan fingerprint density at radius 2 is 1.00 bits per heavy atom. The molecule has 6 nitrogen and oxygen atoms in total. The van der Waals surface area contributed by atoms with Crippen LogP contribution in [0.3, 0.4) is 0 Å². The van der Waals surface area contributed by atoms with Gasteiger partial charge in [-0.05, 0) is 0 Å². The SMILES string of the molecule is O=C(O)O.[K+].[K+].[K+].[O-]B([O-])[O-]. The Morgan fingerprint density at radius 1 is 1.00 bits per heavy atom. The van der Waals surface area contributed by atoms with Gasteiger partial charge in [-0.25, -0.2) is 4.79 Å². The van der Waals surface area contributed by atoms with Gasteiger partial charge in [0.1, 0.15) is 0 Å². The average molecular weight is 238 g/mol. The van der Waals surface area contributed by atoms with Gasteiger partial charge in [0.05, 0.1) is 0 Å². The van der Waals surface area contributed by atoms with Gasteiger partial charge in [-0.1, -0.05) is 0 Å². The fraction of sp³-hybridized carbons (Fsp3) is 0. The van der Waals surface area contributed by atoms with Crippen LogP contribution in [-0.2, 0) is 0 Å². The smallest absolute Gasteiger partial charge is 0.907 e. The third-order valence-electron chi connectivity index (χ3n) is 0. The molecule has 0 rings (SSSR count). The molecule has 48 valence electrons. The molecule has 0 bridgehead atoms. The van der Waals surface area contributed by atoms with Crippen molar-refractivity contribution in [2.75, 3.05) is 0 Å². The molecule has 11 heavy (non-hydrogen) atoms. The molecule has 0 saturated carbocycles. The quantitative estimate of drug-likeness (QED) is 0.403. The van der Waals surface area contributed by atoms with E-state index in [-0.39, 0.29) is 154 Å². The Balaban J connectivity index is -0.0000000171. The van der Waals surface area contributed by atoms with E-state index in [1.165, 1.54) is 0 Å². The number of carboxylic acid groups (broad SMARTS) is 2. The molecular formula is CH2BK3O6. The summed E-state index contributed by atoms with van der Waals surface area (Å²) >= 11 is 0. The van der Waals surface area contributed by atoms with E-state index in [1.807, 2.05) is 0 Å². The van der Waals surface area contributed by atoms with Crippen LogP contribution in [0.1, 0.15) is 0 Å². The fourth-order valence-corrected chi connectivity index (χ4v) is 0. The van der Waals surface area contributed by atoms with Crippen LogP contribution in [0, 0.1) is 0 Å². The second-order valence-corrected chi connectivity index (χ2v) is 0.571. The van der Waals surface area contributed by atoms with Crippen molar-refractivity contribution in [3.05, 3.63) is 0 Å². The van der Waals surface area contributed by atoms with Gasteiger partial charge in [-0.15, -0.1) is 0 Å². The summed E-state index contributed by atoms with van der Waals surface area (Å²) in [7, 11) is -2.92. The first-order valence-corrected chi connectivity index (χ1v) is 1.36. The van der Waals surface area contributed by atoms with Crippen molar-refractivity contribution in [1.82, 2.24) is 0 Å². The molecule has 0 heterocycles. The van der Waals surface area contributed by atoms with E-state index >= 15 is 0 Å². The summed E-state index contributed by atoms with van der Waals surface area (Å²) in [5.74, 6) is 0. The van der Waals surface area contributed by atoms with Crippen molar-refractivity contribution in [3.8, 4) is 0 Å². The first kappa shape index (κ1) is 29.4. The summed E-state index contributed by atoms with van der Waals surface area (Å²) in [6.45, 7) is 0. The summed E-state index contributed by atoms with van der Waals surface area (Å²) in [5, 5.41) is 39.2. The molecule has 0 radical (unpaired) electrons. The summed E-state index contributed by atoms with van der Waals surface area (Å²) in [6.07, 6.45) is -1.83. The zero-order valence-electron chi connectivity index (χ0n) is 6.60. The van der Waals surface area contributed by atoms with Crippen LogP contribution in [0.2, 0.25) is 0 Å². The summed E-state index contributed by atoms with van der Waals surface area (Å²) in [6, 6.07) is 0. The molecule has 2 N–H and O–H groups in total. The molecule has 0 aromatic rings. The minimum atomic E-state index is -2.92. The van der Waals surface area contributed by atoms with Crippen LogP contribution in [-0.4, -0.2) is 23.7 Å². The van der Waals surface area contributed by atoms with Crippen molar-refractivity contribution in [2.45, 2.75) is 0 Å². The molecule has 0 saturated heterocycles. The van der Waals surface area contributed by atoms with Crippen LogP contribution in [0.5, 0.6) is 0 Å². The maximum atomic E-state index is 8.56. The van der Waals surface area contributed by atoms with E-state index in [9.17, 15) is 0 Å². The largest absolute Gasteiger partial charge is 1.00 e. The number of rotatable bonds is 0. The van der Waals surface area contributed by atoms with Crippen molar-refractivity contribution >= 4 is 13.5 Å². The second kappa shape index (κ2) is 23.7.